The van der Waals surface area contributed by atoms with Gasteiger partial charge >= 0.3 is 0 Å². The summed E-state index contributed by atoms with van der Waals surface area (Å²) in [5, 5.41) is 9.01. The fraction of sp³-hybridized carbons (Fsp3) is 0.304. The van der Waals surface area contributed by atoms with E-state index in [4.69, 9.17) is 18.9 Å². The Labute approximate surface area is 196 Å². The molecule has 1 aliphatic heterocycles. The molecule has 0 bridgehead atoms. The summed E-state index contributed by atoms with van der Waals surface area (Å²) in [7, 11) is 4.64. The summed E-state index contributed by atoms with van der Waals surface area (Å²) in [5.41, 5.74) is 2.29. The molecular weight excluding hydrogens is 444 g/mol. The average molecular weight is 469 g/mol. The molecule has 1 aliphatic rings. The van der Waals surface area contributed by atoms with Crippen LogP contribution in [0.4, 0.5) is 5.69 Å². The van der Waals surface area contributed by atoms with Gasteiger partial charge in [0, 0.05) is 24.1 Å². The largest absolute Gasteiger partial charge is 0.496 e. The first-order chi connectivity index (χ1) is 16.1. The number of anilines is 1. The molecule has 4 rings (SSSR count). The van der Waals surface area contributed by atoms with Crippen LogP contribution in [0.1, 0.15) is 25.1 Å². The average Bonchev–Trinajstić information content (AvgIpc) is 3.01. The lowest BCUT2D eigenvalue weighted by Gasteiger charge is -2.32. The zero-order valence-corrected chi connectivity index (χ0v) is 19.8. The molecule has 2 aromatic carbocycles. The van der Waals surface area contributed by atoms with E-state index in [1.54, 1.807) is 31.1 Å². The van der Waals surface area contributed by atoms with Crippen LogP contribution in [0.2, 0.25) is 0 Å². The minimum absolute atomic E-state index is 0.154. The van der Waals surface area contributed by atoms with Crippen LogP contribution in [0.15, 0.2) is 41.6 Å². The number of para-hydroxylation sites is 1. The van der Waals surface area contributed by atoms with E-state index < -0.39 is 6.23 Å². The van der Waals surface area contributed by atoms with Crippen LogP contribution in [0.25, 0.3) is 11.3 Å². The second-order valence-corrected chi connectivity index (χ2v) is 7.78. The Balaban J connectivity index is 2.04. The van der Waals surface area contributed by atoms with Crippen molar-refractivity contribution in [3.63, 3.8) is 0 Å². The highest BCUT2D eigenvalue weighted by molar-refractivity contribution is 7.98. The smallest absolute Gasteiger partial charge is 0.247 e. The zero-order valence-electron chi connectivity index (χ0n) is 19.0. The highest BCUT2D eigenvalue weighted by Crippen LogP contribution is 2.48. The number of ether oxygens (including phenoxy) is 4. The minimum Gasteiger partial charge on any atom is -0.496 e. The molecule has 33 heavy (non-hydrogen) atoms. The van der Waals surface area contributed by atoms with Gasteiger partial charge in [-0.25, -0.2) is 0 Å². The highest BCUT2D eigenvalue weighted by Gasteiger charge is 2.38. The predicted octanol–water partition coefficient (Wildman–Crippen LogP) is 4.12. The maximum Gasteiger partial charge on any atom is 0.247 e. The zero-order chi connectivity index (χ0) is 23.5. The Bertz CT molecular complexity index is 1160. The summed E-state index contributed by atoms with van der Waals surface area (Å²) >= 11 is 1.35. The lowest BCUT2D eigenvalue weighted by atomic mass is 10.1. The summed E-state index contributed by atoms with van der Waals surface area (Å²) in [6.07, 6.45) is 1.16. The van der Waals surface area contributed by atoms with Gasteiger partial charge in [0.1, 0.15) is 17.2 Å². The number of hydrogen-bond donors (Lipinski definition) is 0. The number of rotatable bonds is 6. The van der Waals surface area contributed by atoms with Gasteiger partial charge < -0.3 is 18.9 Å². The van der Waals surface area contributed by atoms with Crippen LogP contribution in [0, 0.1) is 0 Å². The number of aromatic nitrogens is 3. The Kier molecular flexibility index (Phi) is 6.55. The van der Waals surface area contributed by atoms with E-state index >= 15 is 0 Å². The number of benzene rings is 2. The number of hydrogen-bond acceptors (Lipinski definition) is 9. The second kappa shape index (κ2) is 9.53. The Morgan fingerprint density at radius 3 is 2.39 bits per heavy atom. The van der Waals surface area contributed by atoms with Gasteiger partial charge in [0.15, 0.2) is 5.69 Å². The lowest BCUT2D eigenvalue weighted by Crippen LogP contribution is -2.37. The Morgan fingerprint density at radius 2 is 1.79 bits per heavy atom. The summed E-state index contributed by atoms with van der Waals surface area (Å²) < 4.78 is 23.2. The molecule has 2 heterocycles. The molecule has 0 spiro atoms. The number of methoxy groups -OCH3 is 3. The molecule has 0 saturated carbocycles. The number of fused-ring (bicyclic) bond motifs is 3. The van der Waals surface area contributed by atoms with E-state index in [2.05, 4.69) is 15.2 Å². The molecule has 1 amide bonds. The van der Waals surface area contributed by atoms with Crippen LogP contribution >= 0.6 is 11.8 Å². The summed E-state index contributed by atoms with van der Waals surface area (Å²) in [6.45, 7) is 1.80. The van der Waals surface area contributed by atoms with Crippen molar-refractivity contribution >= 4 is 23.4 Å². The topological polar surface area (TPSA) is 95.9 Å². The lowest BCUT2D eigenvalue weighted by molar-refractivity contribution is -0.120. The molecule has 0 saturated heterocycles. The number of nitrogens with zero attached hydrogens (tertiary/aromatic N) is 4. The van der Waals surface area contributed by atoms with Crippen molar-refractivity contribution in [3.8, 4) is 34.4 Å². The van der Waals surface area contributed by atoms with E-state index in [1.807, 2.05) is 30.5 Å². The molecule has 0 fully saturated rings. The molecule has 10 heteroatoms. The number of thioether (sulfide) groups is 1. The third kappa shape index (κ3) is 4.02. The van der Waals surface area contributed by atoms with Crippen molar-refractivity contribution in [2.24, 2.45) is 0 Å². The SMILES string of the molecule is CCC(=O)N1c2ccccc2-c2nnc(SC)nc2O[C@@H]1c1c(OC)cc(OC)cc1OC. The van der Waals surface area contributed by atoms with Crippen molar-refractivity contribution < 1.29 is 23.7 Å². The van der Waals surface area contributed by atoms with E-state index in [0.717, 1.165) is 0 Å². The number of carbonyl (C=O) groups is 1. The van der Waals surface area contributed by atoms with E-state index in [-0.39, 0.29) is 18.2 Å². The first kappa shape index (κ1) is 22.7. The monoisotopic (exact) mass is 468 g/mol. The Morgan fingerprint density at radius 1 is 1.09 bits per heavy atom. The standard InChI is InChI=1S/C23H24N4O5S/c1-6-18(28)27-15-10-8-7-9-14(15)20-21(24-23(33-5)26-25-20)32-22(27)19-16(30-3)11-13(29-2)12-17(19)31-4/h7-12,22H,6H2,1-5H3/t22-/m1/s1. The maximum atomic E-state index is 13.3. The number of amides is 1. The first-order valence-corrected chi connectivity index (χ1v) is 11.4. The fourth-order valence-corrected chi connectivity index (χ4v) is 4.00. The molecule has 172 valence electrons. The van der Waals surface area contributed by atoms with Gasteiger partial charge in [0.25, 0.3) is 0 Å². The van der Waals surface area contributed by atoms with Gasteiger partial charge in [0.05, 0.1) is 32.6 Å². The third-order valence-corrected chi connectivity index (χ3v) is 5.80. The van der Waals surface area contributed by atoms with Crippen molar-refractivity contribution in [2.75, 3.05) is 32.5 Å². The maximum absolute atomic E-state index is 13.3. The van der Waals surface area contributed by atoms with Gasteiger partial charge in [-0.05, 0) is 12.3 Å². The van der Waals surface area contributed by atoms with E-state index in [9.17, 15) is 4.79 Å². The second-order valence-electron chi connectivity index (χ2n) is 7.00. The molecule has 1 atom stereocenters. The van der Waals surface area contributed by atoms with Gasteiger partial charge in [-0.3, -0.25) is 9.69 Å². The molecule has 1 aromatic heterocycles. The predicted molar refractivity (Wildman–Crippen MR) is 124 cm³/mol. The van der Waals surface area contributed by atoms with Crippen molar-refractivity contribution in [1.29, 1.82) is 0 Å². The van der Waals surface area contributed by atoms with Crippen LogP contribution in [0.3, 0.4) is 0 Å². The molecular formula is C23H24N4O5S. The van der Waals surface area contributed by atoms with Crippen LogP contribution < -0.4 is 23.8 Å². The minimum atomic E-state index is -0.943. The quantitative estimate of drug-likeness (QED) is 0.495. The van der Waals surface area contributed by atoms with E-state index in [0.29, 0.717) is 44.9 Å². The normalized spacial score (nSPS) is 14.5. The first-order valence-electron chi connectivity index (χ1n) is 10.2. The van der Waals surface area contributed by atoms with Crippen LogP contribution in [0.5, 0.6) is 23.1 Å². The van der Waals surface area contributed by atoms with Crippen molar-refractivity contribution in [3.05, 3.63) is 42.0 Å². The van der Waals surface area contributed by atoms with Gasteiger partial charge in [-0.1, -0.05) is 36.9 Å². The molecule has 0 radical (unpaired) electrons. The van der Waals surface area contributed by atoms with Crippen LogP contribution in [-0.2, 0) is 4.79 Å². The summed E-state index contributed by atoms with van der Waals surface area (Å²) in [4.78, 5) is 19.5. The third-order valence-electron chi connectivity index (χ3n) is 5.27. The van der Waals surface area contributed by atoms with E-state index in [1.165, 1.54) is 26.0 Å². The molecule has 0 unspecified atom stereocenters. The van der Waals surface area contributed by atoms with Gasteiger partial charge in [-0.2, -0.15) is 4.98 Å². The molecule has 9 nitrogen and oxygen atoms in total. The van der Waals surface area contributed by atoms with Crippen molar-refractivity contribution in [1.82, 2.24) is 15.2 Å². The summed E-state index contributed by atoms with van der Waals surface area (Å²) in [6, 6.07) is 10.9. The van der Waals surface area contributed by atoms with Gasteiger partial charge in [0.2, 0.25) is 23.2 Å². The highest BCUT2D eigenvalue weighted by atomic mass is 32.2. The van der Waals surface area contributed by atoms with Crippen LogP contribution in [-0.4, -0.2) is 48.7 Å². The van der Waals surface area contributed by atoms with Crippen molar-refractivity contribution in [2.45, 2.75) is 24.7 Å². The number of carbonyl (C=O) groups excluding carboxylic acids is 1. The molecule has 0 aliphatic carbocycles. The molecule has 3 aromatic rings. The van der Waals surface area contributed by atoms with Gasteiger partial charge in [-0.15, -0.1) is 10.2 Å². The summed E-state index contributed by atoms with van der Waals surface area (Å²) in [5.74, 6) is 1.54. The molecule has 0 N–H and O–H groups in total. The fourth-order valence-electron chi connectivity index (χ4n) is 3.70. The Hall–Kier alpha value is -3.53.